The molecule has 0 aliphatic carbocycles. The van der Waals surface area contributed by atoms with Crippen molar-refractivity contribution in [3.8, 4) is 0 Å². The van der Waals surface area contributed by atoms with Crippen molar-refractivity contribution < 1.29 is 9.90 Å². The Morgan fingerprint density at radius 3 is 2.76 bits per heavy atom. The molecule has 1 aromatic heterocycles. The maximum atomic E-state index is 10.3. The fourth-order valence-corrected chi connectivity index (χ4v) is 1.55. The van der Waals surface area contributed by atoms with E-state index in [0.717, 1.165) is 45.3 Å². The van der Waals surface area contributed by atoms with Crippen LogP contribution in [-0.4, -0.2) is 39.2 Å². The van der Waals surface area contributed by atoms with Gasteiger partial charge < -0.3 is 10.4 Å². The van der Waals surface area contributed by atoms with Gasteiger partial charge in [-0.1, -0.05) is 11.6 Å². The summed E-state index contributed by atoms with van der Waals surface area (Å²) in [6, 6.07) is 0. The fraction of sp³-hybridized carbons (Fsp3) is 0.727. The molecule has 0 radical (unpaired) electrons. The maximum Gasteiger partial charge on any atom is 0.303 e. The van der Waals surface area contributed by atoms with Crippen LogP contribution in [-0.2, 0) is 11.3 Å². The molecular weight excluding hydrogens is 220 g/mol. The van der Waals surface area contributed by atoms with Crippen LogP contribution in [0.2, 0.25) is 0 Å². The predicted molar refractivity (Wildman–Crippen MR) is 63.6 cm³/mol. The number of carboxylic acids is 1. The van der Waals surface area contributed by atoms with Gasteiger partial charge >= 0.3 is 5.97 Å². The van der Waals surface area contributed by atoms with Gasteiger partial charge in [-0.05, 0) is 32.4 Å². The van der Waals surface area contributed by atoms with Crippen molar-refractivity contribution in [2.45, 2.75) is 38.6 Å². The average Bonchev–Trinajstić information content (AvgIpc) is 2.79. The molecule has 1 aromatic rings. The topological polar surface area (TPSA) is 80.0 Å². The summed E-state index contributed by atoms with van der Waals surface area (Å²) in [6.07, 6.45) is 7.63. The Kier molecular flexibility index (Phi) is 6.97. The lowest BCUT2D eigenvalue weighted by atomic mass is 10.2. The van der Waals surface area contributed by atoms with E-state index in [0.29, 0.717) is 0 Å². The van der Waals surface area contributed by atoms with Crippen LogP contribution in [0.15, 0.2) is 12.4 Å². The summed E-state index contributed by atoms with van der Waals surface area (Å²) in [6.45, 7) is 2.79. The number of rotatable bonds is 10. The number of unbranched alkanes of at least 4 members (excludes halogenated alkanes) is 2. The molecule has 0 aliphatic heterocycles. The van der Waals surface area contributed by atoms with Crippen LogP contribution in [0.25, 0.3) is 0 Å². The van der Waals surface area contributed by atoms with Gasteiger partial charge in [0.2, 0.25) is 0 Å². The van der Waals surface area contributed by atoms with Crippen LogP contribution in [0.4, 0.5) is 0 Å². The molecule has 6 heteroatoms. The first kappa shape index (κ1) is 13.6. The monoisotopic (exact) mass is 240 g/mol. The molecule has 2 N–H and O–H groups in total. The van der Waals surface area contributed by atoms with Gasteiger partial charge in [0.1, 0.15) is 0 Å². The van der Waals surface area contributed by atoms with Gasteiger partial charge in [0.15, 0.2) is 0 Å². The zero-order valence-electron chi connectivity index (χ0n) is 10.0. The van der Waals surface area contributed by atoms with E-state index < -0.39 is 5.97 Å². The van der Waals surface area contributed by atoms with Crippen LogP contribution in [0, 0.1) is 0 Å². The highest BCUT2D eigenvalue weighted by Gasteiger charge is 1.96. The van der Waals surface area contributed by atoms with Crippen molar-refractivity contribution in [3.05, 3.63) is 12.4 Å². The van der Waals surface area contributed by atoms with E-state index in [9.17, 15) is 4.79 Å². The highest BCUT2D eigenvalue weighted by molar-refractivity contribution is 5.66. The van der Waals surface area contributed by atoms with Gasteiger partial charge in [-0.15, -0.1) is 5.10 Å². The number of hydrogen-bond acceptors (Lipinski definition) is 4. The molecule has 0 unspecified atom stereocenters. The highest BCUT2D eigenvalue weighted by Crippen LogP contribution is 1.98. The molecule has 0 saturated carbocycles. The second kappa shape index (κ2) is 8.69. The molecule has 1 heterocycles. The summed E-state index contributed by atoms with van der Waals surface area (Å²) in [7, 11) is 0. The van der Waals surface area contributed by atoms with Crippen LogP contribution in [0.1, 0.15) is 32.1 Å². The van der Waals surface area contributed by atoms with E-state index in [1.807, 2.05) is 10.9 Å². The first-order valence-corrected chi connectivity index (χ1v) is 6.05. The fourth-order valence-electron chi connectivity index (χ4n) is 1.55. The van der Waals surface area contributed by atoms with Gasteiger partial charge in [0.05, 0.1) is 6.20 Å². The Morgan fingerprint density at radius 1 is 1.24 bits per heavy atom. The zero-order valence-corrected chi connectivity index (χ0v) is 10.0. The number of carboxylic acid groups (broad SMARTS) is 1. The van der Waals surface area contributed by atoms with Crippen molar-refractivity contribution in [2.24, 2.45) is 0 Å². The van der Waals surface area contributed by atoms with E-state index in [1.165, 1.54) is 0 Å². The smallest absolute Gasteiger partial charge is 0.303 e. The quantitative estimate of drug-likeness (QED) is 0.594. The summed E-state index contributed by atoms with van der Waals surface area (Å²) in [4.78, 5) is 10.3. The van der Waals surface area contributed by atoms with E-state index >= 15 is 0 Å². The van der Waals surface area contributed by atoms with Crippen LogP contribution < -0.4 is 5.32 Å². The Labute approximate surface area is 101 Å². The van der Waals surface area contributed by atoms with E-state index in [4.69, 9.17) is 5.11 Å². The summed E-state index contributed by atoms with van der Waals surface area (Å²) >= 11 is 0. The molecular formula is C11H20N4O2. The summed E-state index contributed by atoms with van der Waals surface area (Å²) in [5.74, 6) is -0.703. The molecule has 0 amide bonds. The van der Waals surface area contributed by atoms with Crippen LogP contribution in [0.5, 0.6) is 0 Å². The third-order valence-electron chi connectivity index (χ3n) is 2.46. The lowest BCUT2D eigenvalue weighted by molar-refractivity contribution is -0.137. The first-order chi connectivity index (χ1) is 8.29. The normalized spacial score (nSPS) is 10.6. The number of aryl methyl sites for hydroxylation is 1. The molecule has 0 aliphatic rings. The van der Waals surface area contributed by atoms with Gasteiger partial charge in [0, 0.05) is 19.2 Å². The van der Waals surface area contributed by atoms with E-state index in [2.05, 4.69) is 15.6 Å². The minimum Gasteiger partial charge on any atom is -0.481 e. The predicted octanol–water partition coefficient (Wildman–Crippen LogP) is 0.903. The molecule has 17 heavy (non-hydrogen) atoms. The molecule has 0 saturated heterocycles. The molecule has 1 rings (SSSR count). The Morgan fingerprint density at radius 2 is 2.06 bits per heavy atom. The standard InChI is InChI=1S/C11H20N4O2/c16-11(17)5-2-1-3-6-12-7-4-9-15-10-8-13-14-15/h8,10,12H,1-7,9H2,(H,16,17). The van der Waals surface area contributed by atoms with Gasteiger partial charge in [-0.2, -0.15) is 0 Å². The Balaban J connectivity index is 1.80. The maximum absolute atomic E-state index is 10.3. The van der Waals surface area contributed by atoms with Crippen molar-refractivity contribution in [1.29, 1.82) is 0 Å². The SMILES string of the molecule is O=C(O)CCCCCNCCCn1ccnn1. The second-order valence-corrected chi connectivity index (χ2v) is 3.97. The number of aliphatic carboxylic acids is 1. The molecule has 6 nitrogen and oxygen atoms in total. The van der Waals surface area contributed by atoms with Gasteiger partial charge in [0.25, 0.3) is 0 Å². The molecule has 0 aromatic carbocycles. The Bertz CT molecular complexity index is 300. The van der Waals surface area contributed by atoms with E-state index in [1.54, 1.807) is 6.20 Å². The minimum absolute atomic E-state index is 0.284. The molecule has 96 valence electrons. The van der Waals surface area contributed by atoms with Crippen molar-refractivity contribution in [2.75, 3.05) is 13.1 Å². The molecule has 0 fully saturated rings. The zero-order chi connectivity index (χ0) is 12.3. The summed E-state index contributed by atoms with van der Waals surface area (Å²) in [5, 5.41) is 19.4. The van der Waals surface area contributed by atoms with Crippen LogP contribution >= 0.6 is 0 Å². The number of nitrogens with zero attached hydrogens (tertiary/aromatic N) is 3. The molecule has 0 spiro atoms. The van der Waals surface area contributed by atoms with Crippen LogP contribution in [0.3, 0.4) is 0 Å². The first-order valence-electron chi connectivity index (χ1n) is 6.05. The average molecular weight is 240 g/mol. The number of carbonyl (C=O) groups is 1. The number of hydrogen-bond donors (Lipinski definition) is 2. The largest absolute Gasteiger partial charge is 0.481 e. The lowest BCUT2D eigenvalue weighted by Gasteiger charge is -2.04. The lowest BCUT2D eigenvalue weighted by Crippen LogP contribution is -2.18. The third-order valence-corrected chi connectivity index (χ3v) is 2.46. The van der Waals surface area contributed by atoms with Crippen molar-refractivity contribution >= 4 is 5.97 Å². The number of aromatic nitrogens is 3. The van der Waals surface area contributed by atoms with Crippen molar-refractivity contribution in [1.82, 2.24) is 20.3 Å². The molecule has 0 bridgehead atoms. The Hall–Kier alpha value is -1.43. The van der Waals surface area contributed by atoms with E-state index in [-0.39, 0.29) is 6.42 Å². The molecule has 0 atom stereocenters. The number of nitrogens with one attached hydrogen (secondary N) is 1. The van der Waals surface area contributed by atoms with Gasteiger partial charge in [-0.3, -0.25) is 9.48 Å². The van der Waals surface area contributed by atoms with Crippen molar-refractivity contribution in [3.63, 3.8) is 0 Å². The third kappa shape index (κ3) is 7.46. The minimum atomic E-state index is -0.703. The summed E-state index contributed by atoms with van der Waals surface area (Å²) < 4.78 is 1.81. The second-order valence-electron chi connectivity index (χ2n) is 3.97. The summed E-state index contributed by atoms with van der Waals surface area (Å²) in [5.41, 5.74) is 0. The highest BCUT2D eigenvalue weighted by atomic mass is 16.4. The van der Waals surface area contributed by atoms with Gasteiger partial charge in [-0.25, -0.2) is 0 Å².